The molecule has 1 aliphatic rings. The van der Waals surface area contributed by atoms with E-state index in [1.54, 1.807) is 18.2 Å². The van der Waals surface area contributed by atoms with Gasteiger partial charge in [-0.2, -0.15) is 0 Å². The Labute approximate surface area is 254 Å². The van der Waals surface area contributed by atoms with E-state index < -0.39 is 28.5 Å². The fraction of sp³-hybridized carbons (Fsp3) is 0.394. The van der Waals surface area contributed by atoms with Crippen LogP contribution in [0, 0.1) is 12.8 Å². The molecule has 0 spiro atoms. The number of hydrogen-bond acceptors (Lipinski definition) is 6. The number of aryl methyl sites for hydroxylation is 1. The molecular formula is C33H41N3O6S. The summed E-state index contributed by atoms with van der Waals surface area (Å²) in [5.74, 6) is 0.146. The Morgan fingerprint density at radius 3 is 2.23 bits per heavy atom. The molecule has 3 aromatic rings. The van der Waals surface area contributed by atoms with Crippen LogP contribution in [0.3, 0.4) is 0 Å². The van der Waals surface area contributed by atoms with E-state index in [1.807, 2.05) is 75.4 Å². The van der Waals surface area contributed by atoms with Gasteiger partial charge < -0.3 is 19.7 Å². The SMILES string of the molecule is CCS(=O)(=O)N(CC(=O)N(Cc1ccc(C)cc1)[C@@H](Cc1ccccc1)C(=O)NCC(C)C)c1ccc2c(c1)OCCO2. The molecule has 0 bridgehead atoms. The number of hydrogen-bond donors (Lipinski definition) is 1. The highest BCUT2D eigenvalue weighted by atomic mass is 32.2. The summed E-state index contributed by atoms with van der Waals surface area (Å²) in [5, 5.41) is 3.00. The molecule has 3 aromatic carbocycles. The number of amides is 2. The summed E-state index contributed by atoms with van der Waals surface area (Å²) in [6, 6.07) is 21.2. The minimum Gasteiger partial charge on any atom is -0.486 e. The zero-order valence-corrected chi connectivity index (χ0v) is 26.1. The van der Waals surface area contributed by atoms with Gasteiger partial charge in [-0.25, -0.2) is 8.42 Å². The van der Waals surface area contributed by atoms with Gasteiger partial charge in [-0.15, -0.1) is 0 Å². The monoisotopic (exact) mass is 607 g/mol. The number of fused-ring (bicyclic) bond motifs is 1. The number of rotatable bonds is 13. The lowest BCUT2D eigenvalue weighted by atomic mass is 10.0. The van der Waals surface area contributed by atoms with Gasteiger partial charge in [0.1, 0.15) is 25.8 Å². The molecule has 1 N–H and O–H groups in total. The minimum absolute atomic E-state index is 0.132. The maximum atomic E-state index is 14.3. The van der Waals surface area contributed by atoms with E-state index in [1.165, 1.54) is 11.8 Å². The van der Waals surface area contributed by atoms with E-state index in [0.717, 1.165) is 21.0 Å². The van der Waals surface area contributed by atoms with Crippen LogP contribution in [0.25, 0.3) is 0 Å². The van der Waals surface area contributed by atoms with E-state index in [-0.39, 0.29) is 30.5 Å². The van der Waals surface area contributed by atoms with Gasteiger partial charge in [0, 0.05) is 25.6 Å². The van der Waals surface area contributed by atoms with Gasteiger partial charge in [0.15, 0.2) is 11.5 Å². The topological polar surface area (TPSA) is 105 Å². The van der Waals surface area contributed by atoms with Crippen molar-refractivity contribution < 1.29 is 27.5 Å². The van der Waals surface area contributed by atoms with Crippen molar-refractivity contribution in [1.29, 1.82) is 0 Å². The molecule has 0 aromatic heterocycles. The van der Waals surface area contributed by atoms with Crippen LogP contribution in [-0.4, -0.2) is 63.2 Å². The van der Waals surface area contributed by atoms with E-state index in [0.29, 0.717) is 36.9 Å². The Hall–Kier alpha value is -4.05. The summed E-state index contributed by atoms with van der Waals surface area (Å²) < 4.78 is 39.2. The Morgan fingerprint density at radius 1 is 0.907 bits per heavy atom. The number of carbonyl (C=O) groups is 2. The number of ether oxygens (including phenoxy) is 2. The fourth-order valence-corrected chi connectivity index (χ4v) is 5.83. The maximum Gasteiger partial charge on any atom is 0.244 e. The highest BCUT2D eigenvalue weighted by molar-refractivity contribution is 7.92. The first-order valence-corrected chi connectivity index (χ1v) is 16.2. The minimum atomic E-state index is -3.88. The van der Waals surface area contributed by atoms with Crippen LogP contribution in [0.1, 0.15) is 37.5 Å². The zero-order chi connectivity index (χ0) is 31.0. The number of carbonyl (C=O) groups excluding carboxylic acids is 2. The summed E-state index contributed by atoms with van der Waals surface area (Å²) in [6.45, 7) is 8.36. The Morgan fingerprint density at radius 2 is 1.58 bits per heavy atom. The smallest absolute Gasteiger partial charge is 0.244 e. The Bertz CT molecular complexity index is 1490. The molecule has 0 saturated carbocycles. The first-order valence-electron chi connectivity index (χ1n) is 14.6. The van der Waals surface area contributed by atoms with Crippen molar-refractivity contribution in [3.8, 4) is 11.5 Å². The number of nitrogens with one attached hydrogen (secondary N) is 1. The molecule has 0 aliphatic carbocycles. The summed E-state index contributed by atoms with van der Waals surface area (Å²) in [5.41, 5.74) is 3.08. The number of anilines is 1. The first-order chi connectivity index (χ1) is 20.6. The van der Waals surface area contributed by atoms with Gasteiger partial charge in [0.25, 0.3) is 0 Å². The van der Waals surface area contributed by atoms with Crippen molar-refractivity contribution in [2.24, 2.45) is 5.92 Å². The molecule has 0 fully saturated rings. The Balaban J connectivity index is 1.73. The van der Waals surface area contributed by atoms with Crippen molar-refractivity contribution in [3.63, 3.8) is 0 Å². The predicted molar refractivity (Wildman–Crippen MR) is 168 cm³/mol. The molecule has 9 nitrogen and oxygen atoms in total. The maximum absolute atomic E-state index is 14.3. The molecule has 0 saturated heterocycles. The number of benzene rings is 3. The molecule has 4 rings (SSSR count). The van der Waals surface area contributed by atoms with Crippen molar-refractivity contribution in [3.05, 3.63) is 89.5 Å². The predicted octanol–water partition coefficient (Wildman–Crippen LogP) is 4.33. The quantitative estimate of drug-likeness (QED) is 0.310. The van der Waals surface area contributed by atoms with E-state index in [2.05, 4.69) is 5.32 Å². The van der Waals surface area contributed by atoms with Crippen molar-refractivity contribution >= 4 is 27.5 Å². The third-order valence-electron chi connectivity index (χ3n) is 7.22. The van der Waals surface area contributed by atoms with Crippen LogP contribution < -0.4 is 19.1 Å². The lowest BCUT2D eigenvalue weighted by Gasteiger charge is -2.34. The van der Waals surface area contributed by atoms with Crippen LogP contribution in [0.2, 0.25) is 0 Å². The van der Waals surface area contributed by atoms with E-state index in [9.17, 15) is 18.0 Å². The third kappa shape index (κ3) is 8.50. The second-order valence-electron chi connectivity index (χ2n) is 11.1. The van der Waals surface area contributed by atoms with E-state index in [4.69, 9.17) is 9.47 Å². The highest BCUT2D eigenvalue weighted by Crippen LogP contribution is 2.35. The van der Waals surface area contributed by atoms with Crippen molar-refractivity contribution in [2.45, 2.75) is 46.7 Å². The normalized spacial score (nSPS) is 13.3. The average Bonchev–Trinajstić information content (AvgIpc) is 3.01. The molecule has 1 atom stereocenters. The fourth-order valence-electron chi connectivity index (χ4n) is 4.77. The molecule has 1 heterocycles. The van der Waals surface area contributed by atoms with Crippen LogP contribution in [0.5, 0.6) is 11.5 Å². The van der Waals surface area contributed by atoms with Crippen molar-refractivity contribution in [2.75, 3.05) is 36.4 Å². The van der Waals surface area contributed by atoms with Crippen molar-refractivity contribution in [1.82, 2.24) is 10.2 Å². The summed E-state index contributed by atoms with van der Waals surface area (Å²) in [6.07, 6.45) is 0.271. The first kappa shape index (κ1) is 31.9. The van der Waals surface area contributed by atoms with Gasteiger partial charge in [0.05, 0.1) is 11.4 Å². The molecule has 10 heteroatoms. The summed E-state index contributed by atoms with van der Waals surface area (Å²) in [4.78, 5) is 29.6. The third-order valence-corrected chi connectivity index (χ3v) is 8.96. The molecule has 43 heavy (non-hydrogen) atoms. The standard InChI is InChI=1S/C33H41N3O6S/c1-5-43(39,40)36(28-15-16-30-31(20-28)42-18-17-41-30)23-32(37)35(22-27-13-11-25(4)12-14-27)29(33(38)34-21-24(2)3)19-26-9-7-6-8-10-26/h6-16,20,24,29H,5,17-19,21-23H2,1-4H3,(H,34,38)/t29-/m0/s1. The Kier molecular flexibility index (Phi) is 10.7. The summed E-state index contributed by atoms with van der Waals surface area (Å²) in [7, 11) is -3.88. The second-order valence-corrected chi connectivity index (χ2v) is 13.3. The van der Waals surface area contributed by atoms with Gasteiger partial charge in [0.2, 0.25) is 21.8 Å². The lowest BCUT2D eigenvalue weighted by molar-refractivity contribution is -0.140. The van der Waals surface area contributed by atoms with Gasteiger partial charge in [-0.1, -0.05) is 74.0 Å². The molecule has 0 radical (unpaired) electrons. The average molecular weight is 608 g/mol. The molecule has 230 valence electrons. The lowest BCUT2D eigenvalue weighted by Crippen LogP contribution is -2.54. The molecular weight excluding hydrogens is 566 g/mol. The molecule has 0 unspecified atom stereocenters. The van der Waals surface area contributed by atoms with Gasteiger partial charge in [-0.3, -0.25) is 13.9 Å². The zero-order valence-electron chi connectivity index (χ0n) is 25.3. The largest absolute Gasteiger partial charge is 0.486 e. The van der Waals surface area contributed by atoms with Crippen LogP contribution in [0.4, 0.5) is 5.69 Å². The van der Waals surface area contributed by atoms with Crippen LogP contribution in [-0.2, 0) is 32.6 Å². The summed E-state index contributed by atoms with van der Waals surface area (Å²) >= 11 is 0. The highest BCUT2D eigenvalue weighted by Gasteiger charge is 2.34. The van der Waals surface area contributed by atoms with E-state index >= 15 is 0 Å². The van der Waals surface area contributed by atoms with Crippen LogP contribution in [0.15, 0.2) is 72.8 Å². The van der Waals surface area contributed by atoms with Gasteiger partial charge in [-0.05, 0) is 43.0 Å². The molecule has 2 amide bonds. The second kappa shape index (κ2) is 14.4. The van der Waals surface area contributed by atoms with Crippen LogP contribution >= 0.6 is 0 Å². The number of sulfonamides is 1. The molecule has 1 aliphatic heterocycles. The van der Waals surface area contributed by atoms with Gasteiger partial charge >= 0.3 is 0 Å². The number of nitrogens with zero attached hydrogens (tertiary/aromatic N) is 2.